The van der Waals surface area contributed by atoms with Crippen LogP contribution in [0.2, 0.25) is 0 Å². The molecule has 0 fully saturated rings. The maximum Gasteiger partial charge on any atom is 0.207 e. The summed E-state index contributed by atoms with van der Waals surface area (Å²) < 4.78 is 1.90. The monoisotopic (exact) mass is 256 g/mol. The first-order valence-corrected chi connectivity index (χ1v) is 6.75. The van der Waals surface area contributed by atoms with Crippen LogP contribution in [-0.4, -0.2) is 20.9 Å². The summed E-state index contributed by atoms with van der Waals surface area (Å²) in [6.45, 7) is 0. The van der Waals surface area contributed by atoms with E-state index < -0.39 is 0 Å². The molecule has 0 aliphatic carbocycles. The Labute approximate surface area is 109 Å². The van der Waals surface area contributed by atoms with Gasteiger partial charge < -0.3 is 5.73 Å². The van der Waals surface area contributed by atoms with Crippen LogP contribution in [0.5, 0.6) is 0 Å². The molecule has 3 rings (SSSR count). The molecular weight excluding hydrogens is 244 g/mol. The van der Waals surface area contributed by atoms with Crippen LogP contribution in [0.25, 0.3) is 16.8 Å². The highest BCUT2D eigenvalue weighted by Crippen LogP contribution is 2.23. The van der Waals surface area contributed by atoms with Crippen molar-refractivity contribution in [3.05, 3.63) is 42.6 Å². The Morgan fingerprint density at radius 2 is 2.11 bits per heavy atom. The predicted octanol–water partition coefficient (Wildman–Crippen LogP) is 2.70. The van der Waals surface area contributed by atoms with Gasteiger partial charge in [-0.15, -0.1) is 5.10 Å². The molecule has 0 amide bonds. The zero-order valence-electron chi connectivity index (χ0n) is 9.87. The molecule has 0 radical (unpaired) electrons. The number of anilines is 1. The summed E-state index contributed by atoms with van der Waals surface area (Å²) in [6, 6.07) is 11.8. The first kappa shape index (κ1) is 11.1. The molecule has 0 unspecified atom stereocenters. The Morgan fingerprint density at radius 1 is 1.22 bits per heavy atom. The Kier molecular flexibility index (Phi) is 2.68. The van der Waals surface area contributed by atoms with Crippen LogP contribution in [-0.2, 0) is 0 Å². The van der Waals surface area contributed by atoms with Gasteiger partial charge in [-0.05, 0) is 30.5 Å². The fourth-order valence-electron chi connectivity index (χ4n) is 1.90. The quantitative estimate of drug-likeness (QED) is 0.566. The molecule has 0 saturated heterocycles. The van der Waals surface area contributed by atoms with Gasteiger partial charge in [0.2, 0.25) is 5.16 Å². The fraction of sp³-hybridized carbons (Fsp3) is 0.0769. The second-order valence-corrected chi connectivity index (χ2v) is 4.70. The molecule has 4 nitrogen and oxygen atoms in total. The summed E-state index contributed by atoms with van der Waals surface area (Å²) in [5, 5.41) is 5.24. The molecule has 0 spiro atoms. The number of benzene rings is 1. The minimum Gasteiger partial charge on any atom is -0.399 e. The van der Waals surface area contributed by atoms with Crippen molar-refractivity contribution in [2.45, 2.75) is 5.16 Å². The van der Waals surface area contributed by atoms with Crippen molar-refractivity contribution >= 4 is 23.0 Å². The highest BCUT2D eigenvalue weighted by molar-refractivity contribution is 7.98. The topological polar surface area (TPSA) is 56.2 Å². The van der Waals surface area contributed by atoms with E-state index >= 15 is 0 Å². The van der Waals surface area contributed by atoms with Crippen LogP contribution in [0, 0.1) is 0 Å². The number of hydrogen-bond donors (Lipinski definition) is 1. The molecule has 2 heterocycles. The number of fused-ring (bicyclic) bond motifs is 1. The molecule has 3 aromatic rings. The van der Waals surface area contributed by atoms with E-state index in [2.05, 4.69) is 10.1 Å². The lowest BCUT2D eigenvalue weighted by molar-refractivity contribution is 0.804. The van der Waals surface area contributed by atoms with Crippen LogP contribution < -0.4 is 5.73 Å². The Hall–Kier alpha value is -2.01. The second-order valence-electron chi connectivity index (χ2n) is 3.93. The summed E-state index contributed by atoms with van der Waals surface area (Å²) in [4.78, 5) is 4.26. The minimum absolute atomic E-state index is 0.751. The number of thioether (sulfide) groups is 1. The minimum atomic E-state index is 0.751. The zero-order chi connectivity index (χ0) is 12.5. The van der Waals surface area contributed by atoms with Crippen molar-refractivity contribution in [1.29, 1.82) is 0 Å². The fourth-order valence-corrected chi connectivity index (χ4v) is 2.22. The summed E-state index contributed by atoms with van der Waals surface area (Å²) in [5.74, 6) is 0. The maximum absolute atomic E-state index is 5.82. The predicted molar refractivity (Wildman–Crippen MR) is 74.6 cm³/mol. The van der Waals surface area contributed by atoms with Crippen molar-refractivity contribution < 1.29 is 0 Å². The first-order chi connectivity index (χ1) is 8.78. The molecule has 0 aliphatic rings. The van der Waals surface area contributed by atoms with Crippen LogP contribution >= 0.6 is 11.8 Å². The van der Waals surface area contributed by atoms with Crippen molar-refractivity contribution in [3.63, 3.8) is 0 Å². The molecule has 5 heteroatoms. The van der Waals surface area contributed by atoms with Crippen molar-refractivity contribution in [3.8, 4) is 11.3 Å². The third kappa shape index (κ3) is 1.82. The molecule has 18 heavy (non-hydrogen) atoms. The first-order valence-electron chi connectivity index (χ1n) is 5.52. The average Bonchev–Trinajstić information content (AvgIpc) is 2.81. The molecule has 1 aromatic carbocycles. The number of nitrogens with two attached hydrogens (primary N) is 1. The van der Waals surface area contributed by atoms with E-state index in [1.807, 2.05) is 53.4 Å². The van der Waals surface area contributed by atoms with E-state index in [0.29, 0.717) is 0 Å². The lowest BCUT2D eigenvalue weighted by atomic mass is 10.1. The highest BCUT2D eigenvalue weighted by atomic mass is 32.2. The smallest absolute Gasteiger partial charge is 0.207 e. The summed E-state index contributed by atoms with van der Waals surface area (Å²) in [6.07, 6.45) is 3.79. The second kappa shape index (κ2) is 4.34. The number of rotatable bonds is 2. The zero-order valence-corrected chi connectivity index (χ0v) is 10.7. The Morgan fingerprint density at radius 3 is 2.89 bits per heavy atom. The largest absolute Gasteiger partial charge is 0.399 e. The number of hydrogen-bond acceptors (Lipinski definition) is 4. The van der Waals surface area contributed by atoms with Gasteiger partial charge in [0, 0.05) is 11.3 Å². The summed E-state index contributed by atoms with van der Waals surface area (Å²) >= 11 is 1.53. The number of nitrogen functional groups attached to an aromatic ring is 1. The van der Waals surface area contributed by atoms with Crippen molar-refractivity contribution in [2.24, 2.45) is 0 Å². The van der Waals surface area contributed by atoms with Gasteiger partial charge in [-0.1, -0.05) is 23.9 Å². The van der Waals surface area contributed by atoms with Crippen LogP contribution in [0.1, 0.15) is 0 Å². The molecule has 90 valence electrons. The lowest BCUT2D eigenvalue weighted by Crippen LogP contribution is -1.97. The standard InChI is InChI=1S/C13H12N4S/c1-18-13-15-8-11-5-6-12(17(11)16-13)9-3-2-4-10(14)7-9/h2-8H,14H2,1H3. The van der Waals surface area contributed by atoms with Crippen LogP contribution in [0.15, 0.2) is 47.8 Å². The van der Waals surface area contributed by atoms with Crippen molar-refractivity contribution in [2.75, 3.05) is 12.0 Å². The SMILES string of the molecule is CSc1ncc2ccc(-c3cccc(N)c3)n2n1. The van der Waals surface area contributed by atoms with E-state index in [1.165, 1.54) is 11.8 Å². The van der Waals surface area contributed by atoms with Gasteiger partial charge >= 0.3 is 0 Å². The molecule has 0 aliphatic heterocycles. The van der Waals surface area contributed by atoms with Gasteiger partial charge in [0.25, 0.3) is 0 Å². The average molecular weight is 256 g/mol. The maximum atomic E-state index is 5.82. The van der Waals surface area contributed by atoms with Gasteiger partial charge in [-0.25, -0.2) is 9.50 Å². The van der Waals surface area contributed by atoms with E-state index in [1.54, 1.807) is 0 Å². The summed E-state index contributed by atoms with van der Waals surface area (Å²) in [7, 11) is 0. The molecule has 0 atom stereocenters. The lowest BCUT2D eigenvalue weighted by Gasteiger charge is -2.04. The molecule has 0 saturated carbocycles. The normalized spacial score (nSPS) is 10.9. The van der Waals surface area contributed by atoms with Crippen molar-refractivity contribution in [1.82, 2.24) is 14.6 Å². The molecular formula is C13H12N4S. The van der Waals surface area contributed by atoms with Crippen LogP contribution in [0.3, 0.4) is 0 Å². The van der Waals surface area contributed by atoms with Gasteiger partial charge in [0.05, 0.1) is 17.4 Å². The van der Waals surface area contributed by atoms with E-state index in [9.17, 15) is 0 Å². The Bertz CT molecular complexity index is 705. The third-order valence-corrected chi connectivity index (χ3v) is 3.29. The van der Waals surface area contributed by atoms with Crippen LogP contribution in [0.4, 0.5) is 5.69 Å². The number of nitrogens with zero attached hydrogens (tertiary/aromatic N) is 3. The van der Waals surface area contributed by atoms with Gasteiger partial charge in [-0.3, -0.25) is 0 Å². The Balaban J connectivity index is 2.22. The van der Waals surface area contributed by atoms with Gasteiger partial charge in [0.1, 0.15) is 0 Å². The number of aromatic nitrogens is 3. The van der Waals surface area contributed by atoms with E-state index in [4.69, 9.17) is 5.73 Å². The molecule has 0 bridgehead atoms. The van der Waals surface area contributed by atoms with E-state index in [-0.39, 0.29) is 0 Å². The summed E-state index contributed by atoms with van der Waals surface area (Å²) in [5.41, 5.74) is 9.63. The molecule has 2 N–H and O–H groups in total. The van der Waals surface area contributed by atoms with E-state index in [0.717, 1.165) is 27.6 Å². The third-order valence-electron chi connectivity index (χ3n) is 2.74. The molecule has 2 aromatic heterocycles. The van der Waals surface area contributed by atoms with Gasteiger partial charge in [0.15, 0.2) is 0 Å². The van der Waals surface area contributed by atoms with Gasteiger partial charge in [-0.2, -0.15) is 0 Å². The highest BCUT2D eigenvalue weighted by Gasteiger charge is 2.07.